The maximum absolute atomic E-state index is 12.8. The van der Waals surface area contributed by atoms with E-state index in [0.717, 1.165) is 83.5 Å². The summed E-state index contributed by atoms with van der Waals surface area (Å²) in [7, 11) is 5.96. The van der Waals surface area contributed by atoms with E-state index >= 15 is 0 Å². The third-order valence-electron chi connectivity index (χ3n) is 11.7. The molecule has 1 N–H and O–H groups in total. The van der Waals surface area contributed by atoms with Gasteiger partial charge in [-0.2, -0.15) is 0 Å². The average molecular weight is 955 g/mol. The molecule has 68 heavy (non-hydrogen) atoms. The number of carbonyl (C=O) groups excluding carboxylic acids is 2. The maximum Gasteiger partial charge on any atom is 0.361 e. The first-order valence-corrected chi connectivity index (χ1v) is 27.6. The standard InChI is InChI=1S/C59H103NO8/c1-6-8-10-12-14-16-18-20-21-22-23-24-25-26-27-28-29-30-31-32-33-34-35-36-37-38-40-42-44-46-48-50-57(62)68-55(54-67-59(58(63)64)65-52-51-60(3,4)5)53-66-56(61)49-47-45-43-41-39-19-17-15-13-11-9-7-2/h8,10,14,16,20-21,23-24,26-27,29-30,55,59H,6-7,9,11-13,15,17-19,22,25,28,31-54H2,1-5H3/p+1/b10-8-,16-14-,21-20-,24-23-,27-26-,30-29-. The number of likely N-dealkylation sites (N-methyl/N-ethyl adjacent to an activating group) is 1. The van der Waals surface area contributed by atoms with Crippen LogP contribution in [0, 0.1) is 0 Å². The quantitative estimate of drug-likeness (QED) is 0.0211. The van der Waals surface area contributed by atoms with Crippen molar-refractivity contribution in [3.05, 3.63) is 72.9 Å². The van der Waals surface area contributed by atoms with Gasteiger partial charge in [-0.05, 0) is 64.2 Å². The molecular formula is C59H104NO8+. The van der Waals surface area contributed by atoms with Crippen molar-refractivity contribution in [2.24, 2.45) is 0 Å². The van der Waals surface area contributed by atoms with Gasteiger partial charge in [0.05, 0.1) is 34.4 Å². The van der Waals surface area contributed by atoms with Gasteiger partial charge in [0.2, 0.25) is 0 Å². The number of quaternary nitrogens is 1. The number of aliphatic carboxylic acids is 1. The van der Waals surface area contributed by atoms with Crippen LogP contribution in [0.3, 0.4) is 0 Å². The van der Waals surface area contributed by atoms with Crippen LogP contribution in [-0.4, -0.2) is 87.4 Å². The molecule has 392 valence electrons. The lowest BCUT2D eigenvalue weighted by Crippen LogP contribution is -2.40. The van der Waals surface area contributed by atoms with Crippen molar-refractivity contribution in [1.29, 1.82) is 0 Å². The number of carbonyl (C=O) groups is 3. The lowest BCUT2D eigenvalue weighted by Gasteiger charge is -2.25. The predicted octanol–water partition coefficient (Wildman–Crippen LogP) is 15.8. The summed E-state index contributed by atoms with van der Waals surface area (Å²) in [5.41, 5.74) is 0. The van der Waals surface area contributed by atoms with Gasteiger partial charge in [-0.25, -0.2) is 4.79 Å². The monoisotopic (exact) mass is 955 g/mol. The first-order valence-electron chi connectivity index (χ1n) is 27.6. The summed E-state index contributed by atoms with van der Waals surface area (Å²) >= 11 is 0. The minimum Gasteiger partial charge on any atom is -0.477 e. The largest absolute Gasteiger partial charge is 0.477 e. The van der Waals surface area contributed by atoms with Crippen LogP contribution < -0.4 is 0 Å². The van der Waals surface area contributed by atoms with Gasteiger partial charge in [0.15, 0.2) is 6.10 Å². The van der Waals surface area contributed by atoms with Crippen molar-refractivity contribution in [2.75, 3.05) is 47.5 Å². The highest BCUT2D eigenvalue weighted by atomic mass is 16.7. The Labute approximate surface area is 417 Å². The van der Waals surface area contributed by atoms with Crippen LogP contribution in [0.25, 0.3) is 0 Å². The number of nitrogens with zero attached hydrogens (tertiary/aromatic N) is 1. The lowest BCUT2D eigenvalue weighted by molar-refractivity contribution is -0.870. The molecule has 9 nitrogen and oxygen atoms in total. The normalized spacial score (nSPS) is 13.4. The van der Waals surface area contributed by atoms with Gasteiger partial charge in [0.1, 0.15) is 13.2 Å². The van der Waals surface area contributed by atoms with Gasteiger partial charge in [0.25, 0.3) is 6.29 Å². The number of esters is 2. The van der Waals surface area contributed by atoms with E-state index in [2.05, 4.69) is 86.8 Å². The molecule has 0 saturated heterocycles. The van der Waals surface area contributed by atoms with Crippen LogP contribution in [0.2, 0.25) is 0 Å². The van der Waals surface area contributed by atoms with Gasteiger partial charge in [-0.15, -0.1) is 0 Å². The van der Waals surface area contributed by atoms with E-state index in [9.17, 15) is 19.5 Å². The van der Waals surface area contributed by atoms with Gasteiger partial charge in [0, 0.05) is 12.8 Å². The second kappa shape index (κ2) is 50.1. The molecule has 0 rings (SSSR count). The highest BCUT2D eigenvalue weighted by Crippen LogP contribution is 2.16. The zero-order chi connectivity index (χ0) is 49.9. The predicted molar refractivity (Wildman–Crippen MR) is 286 cm³/mol. The van der Waals surface area contributed by atoms with Crippen molar-refractivity contribution in [3.63, 3.8) is 0 Å². The molecule has 0 aliphatic rings. The van der Waals surface area contributed by atoms with Crippen molar-refractivity contribution >= 4 is 17.9 Å². The molecule has 2 unspecified atom stereocenters. The second-order valence-electron chi connectivity index (χ2n) is 19.5. The van der Waals surface area contributed by atoms with Crippen molar-refractivity contribution in [2.45, 2.75) is 238 Å². The van der Waals surface area contributed by atoms with Crippen LogP contribution >= 0.6 is 0 Å². The molecule has 2 atom stereocenters. The highest BCUT2D eigenvalue weighted by Gasteiger charge is 2.25. The minimum atomic E-state index is -1.51. The zero-order valence-corrected chi connectivity index (χ0v) is 44.5. The van der Waals surface area contributed by atoms with Crippen LogP contribution in [-0.2, 0) is 33.3 Å². The summed E-state index contributed by atoms with van der Waals surface area (Å²) in [5, 5.41) is 9.67. The Hall–Kier alpha value is -3.27. The fourth-order valence-corrected chi connectivity index (χ4v) is 7.49. The Kier molecular flexibility index (Phi) is 47.7. The van der Waals surface area contributed by atoms with E-state index in [0.29, 0.717) is 17.4 Å². The lowest BCUT2D eigenvalue weighted by atomic mass is 10.0. The first-order chi connectivity index (χ1) is 33.1. The van der Waals surface area contributed by atoms with E-state index < -0.39 is 24.3 Å². The smallest absolute Gasteiger partial charge is 0.361 e. The van der Waals surface area contributed by atoms with Crippen LogP contribution in [0.15, 0.2) is 72.9 Å². The number of rotatable bonds is 50. The van der Waals surface area contributed by atoms with Gasteiger partial charge < -0.3 is 28.5 Å². The SMILES string of the molecule is CC/C=C\C/C=C\C/C=C\C/C=C\C/C=C\C/C=C\CCCCCCCCCCCCCCC(=O)OC(COC(=O)CCCCCCCCCCCCCC)COC(OCC[N+](C)(C)C)C(=O)O. The number of unbranched alkanes of at least 4 members (excludes halogenated alkanes) is 23. The highest BCUT2D eigenvalue weighted by molar-refractivity contribution is 5.71. The van der Waals surface area contributed by atoms with E-state index in [4.69, 9.17) is 18.9 Å². The molecule has 0 radical (unpaired) electrons. The topological polar surface area (TPSA) is 108 Å². The maximum atomic E-state index is 12.8. The molecule has 0 aliphatic heterocycles. The Morgan fingerprint density at radius 1 is 0.456 bits per heavy atom. The van der Waals surface area contributed by atoms with Crippen molar-refractivity contribution in [3.8, 4) is 0 Å². The summed E-state index contributed by atoms with van der Waals surface area (Å²) in [6.45, 7) is 4.76. The molecule has 0 heterocycles. The molecular weight excluding hydrogens is 851 g/mol. The number of carboxylic acid groups (broad SMARTS) is 1. The number of allylic oxidation sites excluding steroid dienone is 12. The number of carboxylic acids is 1. The van der Waals surface area contributed by atoms with E-state index in [1.54, 1.807) is 0 Å². The molecule has 0 aromatic carbocycles. The number of hydrogen-bond acceptors (Lipinski definition) is 7. The summed E-state index contributed by atoms with van der Waals surface area (Å²) in [5.74, 6) is -2.01. The fraction of sp³-hybridized carbons (Fsp3) is 0.746. The Bertz CT molecular complexity index is 1340. The summed E-state index contributed by atoms with van der Waals surface area (Å²) in [4.78, 5) is 37.3. The van der Waals surface area contributed by atoms with Crippen LogP contribution in [0.5, 0.6) is 0 Å². The Balaban J connectivity index is 4.17. The van der Waals surface area contributed by atoms with Gasteiger partial charge >= 0.3 is 17.9 Å². The molecule has 9 heteroatoms. The average Bonchev–Trinajstić information content (AvgIpc) is 3.30. The molecule has 0 aromatic rings. The Morgan fingerprint density at radius 2 is 0.838 bits per heavy atom. The first kappa shape index (κ1) is 64.7. The van der Waals surface area contributed by atoms with E-state index in [1.165, 1.54) is 116 Å². The molecule has 0 amide bonds. The number of hydrogen-bond donors (Lipinski definition) is 1. The second-order valence-corrected chi connectivity index (χ2v) is 19.5. The molecule has 0 aromatic heterocycles. The Morgan fingerprint density at radius 3 is 1.25 bits per heavy atom. The van der Waals surface area contributed by atoms with Crippen LogP contribution in [0.1, 0.15) is 226 Å². The van der Waals surface area contributed by atoms with Gasteiger partial charge in [-0.1, -0.05) is 222 Å². The molecule has 0 saturated carbocycles. The van der Waals surface area contributed by atoms with E-state index in [1.807, 2.05) is 21.1 Å². The van der Waals surface area contributed by atoms with Crippen molar-refractivity contribution < 1.29 is 42.9 Å². The summed E-state index contributed by atoms with van der Waals surface area (Å²) in [6.07, 6.45) is 61.2. The summed E-state index contributed by atoms with van der Waals surface area (Å²) < 4.78 is 22.8. The molecule has 0 spiro atoms. The molecule has 0 fully saturated rings. The van der Waals surface area contributed by atoms with Crippen molar-refractivity contribution in [1.82, 2.24) is 0 Å². The minimum absolute atomic E-state index is 0.182. The molecule has 0 bridgehead atoms. The molecule has 0 aliphatic carbocycles. The number of ether oxygens (including phenoxy) is 4. The summed E-state index contributed by atoms with van der Waals surface area (Å²) in [6, 6.07) is 0. The van der Waals surface area contributed by atoms with Crippen LogP contribution in [0.4, 0.5) is 0 Å². The van der Waals surface area contributed by atoms with Gasteiger partial charge in [-0.3, -0.25) is 9.59 Å². The zero-order valence-electron chi connectivity index (χ0n) is 44.5. The van der Waals surface area contributed by atoms with E-state index in [-0.39, 0.29) is 32.2 Å². The third-order valence-corrected chi connectivity index (χ3v) is 11.7. The fourth-order valence-electron chi connectivity index (χ4n) is 7.49. The third kappa shape index (κ3) is 50.6.